The summed E-state index contributed by atoms with van der Waals surface area (Å²) in [5.41, 5.74) is 1.44. The van der Waals surface area contributed by atoms with Crippen LogP contribution in [0.15, 0.2) is 56.7 Å². The number of benzene rings is 1. The van der Waals surface area contributed by atoms with Crippen molar-refractivity contribution in [2.75, 3.05) is 0 Å². The Balaban J connectivity index is 1.39. The maximum absolute atomic E-state index is 13.2. The van der Waals surface area contributed by atoms with Crippen LogP contribution in [0.3, 0.4) is 0 Å². The van der Waals surface area contributed by atoms with E-state index in [1.807, 2.05) is 35.0 Å². The van der Waals surface area contributed by atoms with Crippen molar-refractivity contribution in [2.45, 2.75) is 77.6 Å². The van der Waals surface area contributed by atoms with Gasteiger partial charge in [-0.3, -0.25) is 9.59 Å². The SMILES string of the molecule is CCCCCCCCCCCCc1ccc(-n2c(=O)c3ccsc3c3sccc3c2=O)cc1. The number of aryl methyl sites for hydroxylation is 1. The number of fused-ring (bicyclic) bond motifs is 3. The van der Waals surface area contributed by atoms with Crippen LogP contribution in [0, 0.1) is 0 Å². The molecule has 0 spiro atoms. The van der Waals surface area contributed by atoms with Gasteiger partial charge in [0.15, 0.2) is 0 Å². The fourth-order valence-electron chi connectivity index (χ4n) is 4.50. The molecule has 0 N–H and O–H groups in total. The van der Waals surface area contributed by atoms with E-state index in [9.17, 15) is 9.59 Å². The fourth-order valence-corrected chi connectivity index (χ4v) is 6.47. The Morgan fingerprint density at radius 3 is 1.64 bits per heavy atom. The molecule has 3 nitrogen and oxygen atoms in total. The molecule has 0 aliphatic heterocycles. The van der Waals surface area contributed by atoms with Crippen molar-refractivity contribution in [3.63, 3.8) is 0 Å². The first-order valence-corrected chi connectivity index (χ1v) is 14.1. The molecule has 33 heavy (non-hydrogen) atoms. The highest BCUT2D eigenvalue weighted by atomic mass is 32.1. The third-order valence-corrected chi connectivity index (χ3v) is 8.41. The highest BCUT2D eigenvalue weighted by Gasteiger charge is 2.14. The van der Waals surface area contributed by atoms with Crippen molar-refractivity contribution in [2.24, 2.45) is 0 Å². The zero-order valence-electron chi connectivity index (χ0n) is 19.5. The fraction of sp³-hybridized carbons (Fsp3) is 0.429. The van der Waals surface area contributed by atoms with E-state index in [-0.39, 0.29) is 11.1 Å². The first-order chi connectivity index (χ1) is 16.2. The smallest absolute Gasteiger partial charge is 0.266 e. The van der Waals surface area contributed by atoms with Crippen molar-refractivity contribution >= 4 is 42.8 Å². The first kappa shape index (κ1) is 23.9. The molecule has 0 saturated carbocycles. The van der Waals surface area contributed by atoms with E-state index in [0.29, 0.717) is 16.5 Å². The summed E-state index contributed by atoms with van der Waals surface area (Å²) in [5, 5.41) is 5.08. The Bertz CT molecular complexity index is 1230. The second kappa shape index (κ2) is 11.8. The quantitative estimate of drug-likeness (QED) is 0.193. The van der Waals surface area contributed by atoms with Gasteiger partial charge >= 0.3 is 0 Å². The van der Waals surface area contributed by atoms with Gasteiger partial charge in [0.25, 0.3) is 11.1 Å². The Hall–Kier alpha value is -2.24. The van der Waals surface area contributed by atoms with Gasteiger partial charge in [-0.05, 0) is 53.4 Å². The van der Waals surface area contributed by atoms with Crippen molar-refractivity contribution < 1.29 is 0 Å². The molecule has 4 aromatic rings. The van der Waals surface area contributed by atoms with Crippen molar-refractivity contribution in [3.05, 3.63) is 73.4 Å². The standard InChI is InChI=1S/C28H33NO2S2/c1-2-3-4-5-6-7-8-9-10-11-12-21-13-15-22(16-14-21)29-27(30)23-17-19-32-25(23)26-24(28(29)31)18-20-33-26/h13-20H,2-12H2,1H3. The van der Waals surface area contributed by atoms with Crippen LogP contribution in [0.2, 0.25) is 0 Å². The number of hydrogen-bond donors (Lipinski definition) is 0. The predicted octanol–water partition coefficient (Wildman–Crippen LogP) is 8.09. The zero-order chi connectivity index (χ0) is 23.0. The molecule has 5 heteroatoms. The van der Waals surface area contributed by atoms with E-state index >= 15 is 0 Å². The minimum absolute atomic E-state index is 0.234. The molecule has 0 bridgehead atoms. The van der Waals surface area contributed by atoms with Crippen LogP contribution >= 0.6 is 22.7 Å². The molecular formula is C28H33NO2S2. The molecule has 0 atom stereocenters. The van der Waals surface area contributed by atoms with E-state index < -0.39 is 0 Å². The van der Waals surface area contributed by atoms with Gasteiger partial charge in [-0.25, -0.2) is 4.57 Å². The lowest BCUT2D eigenvalue weighted by Gasteiger charge is -2.06. The van der Waals surface area contributed by atoms with Crippen LogP contribution in [0.5, 0.6) is 0 Å². The molecule has 0 unspecified atom stereocenters. The lowest BCUT2D eigenvalue weighted by molar-refractivity contribution is 0.556. The molecule has 1 aromatic carbocycles. The third-order valence-electron chi connectivity index (χ3n) is 6.42. The van der Waals surface area contributed by atoms with E-state index in [4.69, 9.17) is 0 Å². The third kappa shape index (κ3) is 5.64. The van der Waals surface area contributed by atoms with Gasteiger partial charge < -0.3 is 0 Å². The highest BCUT2D eigenvalue weighted by molar-refractivity contribution is 7.25. The Labute approximate surface area is 203 Å². The molecule has 4 rings (SSSR count). The van der Waals surface area contributed by atoms with Gasteiger partial charge in [0, 0.05) is 0 Å². The van der Waals surface area contributed by atoms with Gasteiger partial charge in [0.05, 0.1) is 25.9 Å². The Morgan fingerprint density at radius 2 is 1.12 bits per heavy atom. The minimum atomic E-state index is -0.234. The molecule has 0 radical (unpaired) electrons. The predicted molar refractivity (Wildman–Crippen MR) is 145 cm³/mol. The minimum Gasteiger partial charge on any atom is -0.268 e. The number of rotatable bonds is 12. The number of hydrogen-bond acceptors (Lipinski definition) is 4. The molecule has 0 fully saturated rings. The summed E-state index contributed by atoms with van der Waals surface area (Å²) in [6, 6.07) is 11.6. The van der Waals surface area contributed by atoms with Crippen LogP contribution in [-0.2, 0) is 6.42 Å². The van der Waals surface area contributed by atoms with Gasteiger partial charge in [-0.2, -0.15) is 0 Å². The number of unbranched alkanes of at least 4 members (excludes halogenated alkanes) is 9. The molecular weight excluding hydrogens is 446 g/mol. The monoisotopic (exact) mass is 479 g/mol. The van der Waals surface area contributed by atoms with Crippen molar-refractivity contribution in [3.8, 4) is 5.69 Å². The number of thiophene rings is 2. The summed E-state index contributed by atoms with van der Waals surface area (Å²) in [4.78, 5) is 26.5. The molecule has 174 valence electrons. The van der Waals surface area contributed by atoms with Crippen LogP contribution in [0.1, 0.15) is 76.7 Å². The Morgan fingerprint density at radius 1 is 0.636 bits per heavy atom. The van der Waals surface area contributed by atoms with Gasteiger partial charge in [-0.15, -0.1) is 22.7 Å². The van der Waals surface area contributed by atoms with Gasteiger partial charge in [0.2, 0.25) is 0 Å². The van der Waals surface area contributed by atoms with E-state index in [1.54, 1.807) is 0 Å². The van der Waals surface area contributed by atoms with E-state index in [2.05, 4.69) is 19.1 Å². The molecule has 3 aromatic heterocycles. The molecule has 0 aliphatic rings. The average molecular weight is 480 g/mol. The maximum Gasteiger partial charge on any atom is 0.266 e. The van der Waals surface area contributed by atoms with Crippen LogP contribution in [0.4, 0.5) is 0 Å². The van der Waals surface area contributed by atoms with Crippen molar-refractivity contribution in [1.82, 2.24) is 4.57 Å². The van der Waals surface area contributed by atoms with E-state index in [0.717, 1.165) is 15.8 Å². The summed E-state index contributed by atoms with van der Waals surface area (Å²) in [7, 11) is 0. The van der Waals surface area contributed by atoms with E-state index in [1.165, 1.54) is 97.0 Å². The second-order valence-corrected chi connectivity index (χ2v) is 10.7. The maximum atomic E-state index is 13.2. The zero-order valence-corrected chi connectivity index (χ0v) is 21.1. The first-order valence-electron chi connectivity index (χ1n) is 12.3. The summed E-state index contributed by atoms with van der Waals surface area (Å²) in [5.74, 6) is 0. The van der Waals surface area contributed by atoms with Gasteiger partial charge in [-0.1, -0.05) is 76.8 Å². The summed E-state index contributed by atoms with van der Waals surface area (Å²) in [6.45, 7) is 2.26. The normalized spacial score (nSPS) is 11.5. The molecule has 3 heterocycles. The topological polar surface area (TPSA) is 39.1 Å². The Kier molecular flexibility index (Phi) is 8.51. The van der Waals surface area contributed by atoms with Crippen LogP contribution in [0.25, 0.3) is 25.9 Å². The largest absolute Gasteiger partial charge is 0.268 e. The molecule has 0 amide bonds. The lowest BCUT2D eigenvalue weighted by Crippen LogP contribution is -2.28. The molecule has 0 saturated heterocycles. The summed E-state index contributed by atoms with van der Waals surface area (Å²) < 4.78 is 3.14. The van der Waals surface area contributed by atoms with Crippen LogP contribution < -0.4 is 11.1 Å². The van der Waals surface area contributed by atoms with Crippen molar-refractivity contribution in [1.29, 1.82) is 0 Å². The number of nitrogens with zero attached hydrogens (tertiary/aromatic N) is 1. The van der Waals surface area contributed by atoms with Crippen LogP contribution in [-0.4, -0.2) is 4.57 Å². The average Bonchev–Trinajstić information content (AvgIpc) is 3.49. The second-order valence-electron chi connectivity index (χ2n) is 8.87. The summed E-state index contributed by atoms with van der Waals surface area (Å²) in [6.07, 6.45) is 14.4. The summed E-state index contributed by atoms with van der Waals surface area (Å²) >= 11 is 3.04. The lowest BCUT2D eigenvalue weighted by atomic mass is 10.0. The number of aromatic nitrogens is 1. The highest BCUT2D eigenvalue weighted by Crippen LogP contribution is 2.29. The molecule has 0 aliphatic carbocycles. The van der Waals surface area contributed by atoms with Gasteiger partial charge in [0.1, 0.15) is 0 Å².